The van der Waals surface area contributed by atoms with Gasteiger partial charge >= 0.3 is 6.09 Å². The Bertz CT molecular complexity index is 495. The van der Waals surface area contributed by atoms with E-state index in [-0.39, 0.29) is 30.1 Å². The van der Waals surface area contributed by atoms with E-state index in [2.05, 4.69) is 36.3 Å². The van der Waals surface area contributed by atoms with Crippen molar-refractivity contribution in [2.24, 2.45) is 16.8 Å². The minimum Gasteiger partial charge on any atom is -0.450 e. The molecule has 2 saturated heterocycles. The van der Waals surface area contributed by atoms with Crippen LogP contribution in [-0.4, -0.2) is 80.3 Å². The van der Waals surface area contributed by atoms with E-state index in [9.17, 15) is 4.79 Å². The average Bonchev–Trinajstić information content (AvgIpc) is 2.67. The second-order valence-corrected chi connectivity index (χ2v) is 8.49. The number of hydrogen-bond acceptors (Lipinski definition) is 4. The van der Waals surface area contributed by atoms with Gasteiger partial charge in [-0.3, -0.25) is 4.99 Å². The minimum absolute atomic E-state index is 0. The number of nitrogens with one attached hydrogen (secondary N) is 2. The number of ether oxygens (including phenoxy) is 1. The summed E-state index contributed by atoms with van der Waals surface area (Å²) in [7, 11) is 0. The van der Waals surface area contributed by atoms with Crippen LogP contribution >= 0.6 is 24.0 Å². The number of hydrogen-bond donors (Lipinski definition) is 2. The highest BCUT2D eigenvalue weighted by molar-refractivity contribution is 14.0. The van der Waals surface area contributed by atoms with Gasteiger partial charge in [0.25, 0.3) is 0 Å². The molecule has 8 heteroatoms. The molecular formula is C21H42IN5O2. The summed E-state index contributed by atoms with van der Waals surface area (Å²) in [6, 6.07) is 0.354. The highest BCUT2D eigenvalue weighted by Crippen LogP contribution is 2.18. The lowest BCUT2D eigenvalue weighted by Crippen LogP contribution is -2.50. The average molecular weight is 524 g/mol. The normalized spacial score (nSPS) is 21.6. The van der Waals surface area contributed by atoms with E-state index in [0.717, 1.165) is 50.9 Å². The Balaban J connectivity index is 0.00000420. The lowest BCUT2D eigenvalue weighted by molar-refractivity contribution is 0.0963. The van der Waals surface area contributed by atoms with Crippen LogP contribution in [0.25, 0.3) is 0 Å². The molecule has 0 aromatic carbocycles. The van der Waals surface area contributed by atoms with Gasteiger partial charge in [-0.2, -0.15) is 0 Å². The van der Waals surface area contributed by atoms with Gasteiger partial charge < -0.3 is 25.2 Å². The molecule has 0 bridgehead atoms. The number of likely N-dealkylation sites (tertiary alicyclic amines) is 2. The van der Waals surface area contributed by atoms with Crippen molar-refractivity contribution >= 4 is 36.0 Å². The molecule has 29 heavy (non-hydrogen) atoms. The van der Waals surface area contributed by atoms with Crippen molar-refractivity contribution in [3.05, 3.63) is 0 Å². The number of carbonyl (C=O) groups is 1. The third-order valence-electron chi connectivity index (χ3n) is 5.44. The van der Waals surface area contributed by atoms with Gasteiger partial charge in [0.15, 0.2) is 5.96 Å². The Morgan fingerprint density at radius 1 is 1.17 bits per heavy atom. The van der Waals surface area contributed by atoms with E-state index in [1.807, 2.05) is 6.92 Å². The van der Waals surface area contributed by atoms with Crippen LogP contribution in [0.3, 0.4) is 0 Å². The Hall–Kier alpha value is -0.770. The van der Waals surface area contributed by atoms with Crippen LogP contribution in [0, 0.1) is 11.8 Å². The summed E-state index contributed by atoms with van der Waals surface area (Å²) in [6.07, 6.45) is 4.22. The lowest BCUT2D eigenvalue weighted by atomic mass is 9.97. The molecule has 0 aliphatic carbocycles. The van der Waals surface area contributed by atoms with Crippen molar-refractivity contribution in [2.75, 3.05) is 52.4 Å². The van der Waals surface area contributed by atoms with Crippen LogP contribution in [0.2, 0.25) is 0 Å². The van der Waals surface area contributed by atoms with Crippen molar-refractivity contribution in [3.63, 3.8) is 0 Å². The molecule has 1 unspecified atom stereocenters. The van der Waals surface area contributed by atoms with E-state index < -0.39 is 0 Å². The van der Waals surface area contributed by atoms with Gasteiger partial charge in [-0.25, -0.2) is 4.79 Å². The number of piperidine rings is 2. The molecule has 0 radical (unpaired) electrons. The van der Waals surface area contributed by atoms with E-state index in [0.29, 0.717) is 18.6 Å². The van der Waals surface area contributed by atoms with E-state index in [4.69, 9.17) is 9.73 Å². The molecule has 170 valence electrons. The summed E-state index contributed by atoms with van der Waals surface area (Å²) in [4.78, 5) is 21.1. The number of rotatable bonds is 7. The molecular weight excluding hydrogens is 481 g/mol. The maximum Gasteiger partial charge on any atom is 0.409 e. The SMILES string of the molecule is CCNC(=NCC1CCCN(CC(C)C)C1)NC1CCN(C(=O)OCC)CC1.I. The molecule has 2 fully saturated rings. The predicted molar refractivity (Wildman–Crippen MR) is 130 cm³/mol. The first-order valence-corrected chi connectivity index (χ1v) is 11.2. The van der Waals surface area contributed by atoms with Crippen LogP contribution in [0.15, 0.2) is 4.99 Å². The van der Waals surface area contributed by atoms with Crippen LogP contribution in [0.4, 0.5) is 4.79 Å². The first-order chi connectivity index (χ1) is 13.5. The molecule has 2 N–H and O–H groups in total. The fourth-order valence-corrected chi connectivity index (χ4v) is 4.14. The maximum atomic E-state index is 11.8. The monoisotopic (exact) mass is 523 g/mol. The van der Waals surface area contributed by atoms with Gasteiger partial charge in [0.1, 0.15) is 0 Å². The summed E-state index contributed by atoms with van der Waals surface area (Å²) < 4.78 is 5.10. The summed E-state index contributed by atoms with van der Waals surface area (Å²) in [5, 5.41) is 6.97. The molecule has 2 aliphatic heterocycles. The molecule has 1 amide bonds. The number of aliphatic imine (C=N–C) groups is 1. The Kier molecular flexibility index (Phi) is 12.9. The van der Waals surface area contributed by atoms with Crippen LogP contribution in [0.5, 0.6) is 0 Å². The maximum absolute atomic E-state index is 11.8. The van der Waals surface area contributed by atoms with Crippen LogP contribution in [0.1, 0.15) is 53.4 Å². The largest absolute Gasteiger partial charge is 0.450 e. The first-order valence-electron chi connectivity index (χ1n) is 11.2. The molecule has 7 nitrogen and oxygen atoms in total. The summed E-state index contributed by atoms with van der Waals surface area (Å²) in [6.45, 7) is 15.8. The van der Waals surface area contributed by atoms with E-state index in [1.54, 1.807) is 4.90 Å². The van der Waals surface area contributed by atoms with Crippen molar-refractivity contribution in [3.8, 4) is 0 Å². The molecule has 2 aliphatic rings. The quantitative estimate of drug-likeness (QED) is 0.305. The zero-order valence-corrected chi connectivity index (χ0v) is 21.1. The van der Waals surface area contributed by atoms with Gasteiger partial charge in [0.2, 0.25) is 0 Å². The van der Waals surface area contributed by atoms with Crippen LogP contribution in [-0.2, 0) is 4.74 Å². The molecule has 0 spiro atoms. The van der Waals surface area contributed by atoms with Crippen LogP contribution < -0.4 is 10.6 Å². The topological polar surface area (TPSA) is 69.2 Å². The summed E-state index contributed by atoms with van der Waals surface area (Å²) >= 11 is 0. The summed E-state index contributed by atoms with van der Waals surface area (Å²) in [5.41, 5.74) is 0. The number of carbonyl (C=O) groups excluding carboxylic acids is 1. The van der Waals surface area contributed by atoms with Crippen molar-refractivity contribution in [2.45, 2.75) is 59.4 Å². The second kappa shape index (κ2) is 14.3. The van der Waals surface area contributed by atoms with Gasteiger partial charge in [-0.15, -0.1) is 24.0 Å². The fraction of sp³-hybridized carbons (Fsp3) is 0.905. The number of guanidine groups is 1. The number of amides is 1. The van der Waals surface area contributed by atoms with E-state index in [1.165, 1.54) is 32.5 Å². The molecule has 0 aromatic rings. The molecule has 0 aromatic heterocycles. The second-order valence-electron chi connectivity index (χ2n) is 8.49. The lowest BCUT2D eigenvalue weighted by Gasteiger charge is -2.34. The van der Waals surface area contributed by atoms with Crippen molar-refractivity contribution in [1.82, 2.24) is 20.4 Å². The summed E-state index contributed by atoms with van der Waals surface area (Å²) in [5.74, 6) is 2.29. The standard InChI is InChI=1S/C21H41N5O2.HI/c1-5-22-20(23-14-18-8-7-11-25(16-18)15-17(3)4)24-19-9-12-26(13-10-19)21(27)28-6-2;/h17-19H,5-16H2,1-4H3,(H2,22,23,24);1H. The smallest absolute Gasteiger partial charge is 0.409 e. The number of nitrogens with zero attached hydrogens (tertiary/aromatic N) is 3. The minimum atomic E-state index is -0.190. The zero-order chi connectivity index (χ0) is 20.4. The van der Waals surface area contributed by atoms with Gasteiger partial charge in [0.05, 0.1) is 6.61 Å². The van der Waals surface area contributed by atoms with Crippen molar-refractivity contribution < 1.29 is 9.53 Å². The third kappa shape index (κ3) is 9.72. The van der Waals surface area contributed by atoms with Gasteiger partial charge in [-0.05, 0) is 57.9 Å². The molecule has 2 rings (SSSR count). The zero-order valence-electron chi connectivity index (χ0n) is 18.8. The van der Waals surface area contributed by atoms with Gasteiger partial charge in [-0.1, -0.05) is 13.8 Å². The Morgan fingerprint density at radius 2 is 1.90 bits per heavy atom. The Morgan fingerprint density at radius 3 is 2.52 bits per heavy atom. The predicted octanol–water partition coefficient (Wildman–Crippen LogP) is 3.15. The third-order valence-corrected chi connectivity index (χ3v) is 5.44. The molecule has 2 heterocycles. The highest BCUT2D eigenvalue weighted by Gasteiger charge is 2.24. The first kappa shape index (κ1) is 26.3. The molecule has 0 saturated carbocycles. The fourth-order valence-electron chi connectivity index (χ4n) is 4.14. The van der Waals surface area contributed by atoms with E-state index >= 15 is 0 Å². The van der Waals surface area contributed by atoms with Crippen molar-refractivity contribution in [1.29, 1.82) is 0 Å². The number of halogens is 1. The molecule has 1 atom stereocenters. The Labute approximate surface area is 194 Å². The highest BCUT2D eigenvalue weighted by atomic mass is 127. The van der Waals surface area contributed by atoms with Gasteiger partial charge in [0, 0.05) is 45.3 Å².